The summed E-state index contributed by atoms with van der Waals surface area (Å²) in [7, 11) is 0. The molecule has 3 aromatic carbocycles. The Labute approximate surface area is 219 Å². The summed E-state index contributed by atoms with van der Waals surface area (Å²) >= 11 is 1.17. The highest BCUT2D eigenvalue weighted by Gasteiger charge is 2.40. The number of hydrogen-bond donors (Lipinski definition) is 2. The van der Waals surface area contributed by atoms with E-state index in [4.69, 9.17) is 4.74 Å². The molecule has 0 aliphatic carbocycles. The largest absolute Gasteiger partial charge is 0.508 e. The highest BCUT2D eigenvalue weighted by Crippen LogP contribution is 2.34. The van der Waals surface area contributed by atoms with Gasteiger partial charge in [-0.15, -0.1) is 5.10 Å². The minimum atomic E-state index is -0.676. The van der Waals surface area contributed by atoms with E-state index in [9.17, 15) is 14.7 Å². The molecule has 2 N–H and O–H groups in total. The zero-order valence-electron chi connectivity index (χ0n) is 20.2. The van der Waals surface area contributed by atoms with Gasteiger partial charge >= 0.3 is 0 Å². The molecule has 37 heavy (non-hydrogen) atoms. The molecule has 1 aliphatic heterocycles. The van der Waals surface area contributed by atoms with Crippen molar-refractivity contribution in [1.29, 1.82) is 0 Å². The molecular formula is C28H26N4O4S. The number of phenolic OH excluding ortho intramolecular Hbond substituents is 1. The van der Waals surface area contributed by atoms with Crippen molar-refractivity contribution in [3.05, 3.63) is 90.5 Å². The van der Waals surface area contributed by atoms with Gasteiger partial charge in [-0.25, -0.2) is 0 Å². The maximum atomic E-state index is 13.3. The van der Waals surface area contributed by atoms with Gasteiger partial charge in [-0.05, 0) is 67.1 Å². The first-order valence-electron chi connectivity index (χ1n) is 11.7. The number of anilines is 2. The first-order valence-corrected chi connectivity index (χ1v) is 12.6. The maximum absolute atomic E-state index is 13.3. The van der Waals surface area contributed by atoms with Crippen molar-refractivity contribution in [3.8, 4) is 11.5 Å². The van der Waals surface area contributed by atoms with E-state index < -0.39 is 5.25 Å². The predicted octanol–water partition coefficient (Wildman–Crippen LogP) is 5.32. The summed E-state index contributed by atoms with van der Waals surface area (Å²) < 4.78 is 5.42. The summed E-state index contributed by atoms with van der Waals surface area (Å²) in [4.78, 5) is 27.4. The van der Waals surface area contributed by atoms with Crippen LogP contribution in [-0.4, -0.2) is 40.2 Å². The van der Waals surface area contributed by atoms with Crippen LogP contribution in [0, 0.1) is 0 Å². The fourth-order valence-corrected chi connectivity index (χ4v) is 4.62. The Morgan fingerprint density at radius 1 is 1.08 bits per heavy atom. The monoisotopic (exact) mass is 514 g/mol. The lowest BCUT2D eigenvalue weighted by Gasteiger charge is -2.15. The van der Waals surface area contributed by atoms with E-state index in [0.29, 0.717) is 28.9 Å². The maximum Gasteiger partial charge on any atom is 0.247 e. The number of rotatable bonds is 9. The van der Waals surface area contributed by atoms with Gasteiger partial charge in [0.05, 0.1) is 12.3 Å². The number of benzene rings is 3. The van der Waals surface area contributed by atoms with Crippen LogP contribution in [0.3, 0.4) is 0 Å². The Kier molecular flexibility index (Phi) is 8.72. The van der Waals surface area contributed by atoms with E-state index in [-0.39, 0.29) is 24.0 Å². The van der Waals surface area contributed by atoms with Gasteiger partial charge < -0.3 is 15.2 Å². The third-order valence-corrected chi connectivity index (χ3v) is 6.37. The SMILES string of the molecule is CCOc1ccc(NC(=O)CC2S/C(=N/N=C/C=C/c3ccccc3)N(c3ccc(O)cc3)C2=O)cc1. The highest BCUT2D eigenvalue weighted by atomic mass is 32.2. The van der Waals surface area contributed by atoms with Crippen LogP contribution in [-0.2, 0) is 9.59 Å². The number of hydrogen-bond acceptors (Lipinski definition) is 7. The summed E-state index contributed by atoms with van der Waals surface area (Å²) in [5.41, 5.74) is 2.16. The number of phenols is 1. The third-order valence-electron chi connectivity index (χ3n) is 5.25. The second kappa shape index (κ2) is 12.5. The van der Waals surface area contributed by atoms with E-state index in [0.717, 1.165) is 5.56 Å². The van der Waals surface area contributed by atoms with Crippen LogP contribution in [0.5, 0.6) is 11.5 Å². The number of ether oxygens (including phenoxy) is 1. The molecule has 0 aromatic heterocycles. The predicted molar refractivity (Wildman–Crippen MR) is 149 cm³/mol. The number of aromatic hydroxyl groups is 1. The minimum Gasteiger partial charge on any atom is -0.508 e. The number of carbonyl (C=O) groups excluding carboxylic acids is 2. The normalized spacial score (nSPS) is 16.7. The molecule has 1 saturated heterocycles. The van der Waals surface area contributed by atoms with Crippen LogP contribution < -0.4 is 15.0 Å². The fraction of sp³-hybridized carbons (Fsp3) is 0.143. The van der Waals surface area contributed by atoms with E-state index in [2.05, 4.69) is 15.5 Å². The van der Waals surface area contributed by atoms with Gasteiger partial charge in [0.2, 0.25) is 11.8 Å². The van der Waals surface area contributed by atoms with Crippen LogP contribution >= 0.6 is 11.8 Å². The van der Waals surface area contributed by atoms with E-state index in [1.54, 1.807) is 42.5 Å². The van der Waals surface area contributed by atoms with Crippen molar-refractivity contribution in [2.24, 2.45) is 10.2 Å². The van der Waals surface area contributed by atoms with E-state index in [1.807, 2.05) is 43.3 Å². The van der Waals surface area contributed by atoms with Gasteiger partial charge in [0.15, 0.2) is 5.17 Å². The van der Waals surface area contributed by atoms with E-state index >= 15 is 0 Å². The molecule has 1 heterocycles. The molecule has 0 radical (unpaired) electrons. The lowest BCUT2D eigenvalue weighted by atomic mass is 10.2. The molecule has 1 fully saturated rings. The standard InChI is InChI=1S/C28H26N4O4S/c1-2-36-24-16-10-21(11-17-24)30-26(34)19-25-27(35)32(22-12-14-23(33)15-13-22)28(37-25)31-29-18-6-9-20-7-4-3-5-8-20/h3-18,25,33H,2,19H2,1H3,(H,30,34)/b9-6+,29-18+,31-28+. The minimum absolute atomic E-state index is 0.0397. The number of allylic oxidation sites excluding steroid dienone is 1. The summed E-state index contributed by atoms with van der Waals surface area (Å²) in [5.74, 6) is 0.214. The molecule has 3 aromatic rings. The molecule has 9 heteroatoms. The van der Waals surface area contributed by atoms with Crippen LogP contribution in [0.1, 0.15) is 18.9 Å². The molecule has 0 spiro atoms. The lowest BCUT2D eigenvalue weighted by Crippen LogP contribution is -2.33. The molecular weight excluding hydrogens is 488 g/mol. The van der Waals surface area contributed by atoms with Gasteiger partial charge in [-0.2, -0.15) is 5.10 Å². The number of amides is 2. The molecule has 4 rings (SSSR count). The third kappa shape index (κ3) is 7.08. The number of thioether (sulfide) groups is 1. The summed E-state index contributed by atoms with van der Waals surface area (Å²) in [6.45, 7) is 2.46. The quantitative estimate of drug-likeness (QED) is 0.297. The Hall–Kier alpha value is -4.37. The van der Waals surface area contributed by atoms with Crippen molar-refractivity contribution in [2.75, 3.05) is 16.8 Å². The molecule has 1 atom stereocenters. The Morgan fingerprint density at radius 3 is 2.51 bits per heavy atom. The Bertz CT molecular complexity index is 1310. The number of amidine groups is 1. The van der Waals surface area contributed by atoms with Crippen molar-refractivity contribution in [2.45, 2.75) is 18.6 Å². The van der Waals surface area contributed by atoms with Crippen molar-refractivity contribution >= 4 is 52.4 Å². The van der Waals surface area contributed by atoms with Gasteiger partial charge in [0, 0.05) is 18.3 Å². The number of carbonyl (C=O) groups is 2. The fourth-order valence-electron chi connectivity index (χ4n) is 3.53. The first kappa shape index (κ1) is 25.7. The van der Waals surface area contributed by atoms with Crippen molar-refractivity contribution in [3.63, 3.8) is 0 Å². The summed E-state index contributed by atoms with van der Waals surface area (Å²) in [6, 6.07) is 23.0. The summed E-state index contributed by atoms with van der Waals surface area (Å²) in [6.07, 6.45) is 5.14. The zero-order valence-corrected chi connectivity index (χ0v) is 21.0. The molecule has 0 saturated carbocycles. The summed E-state index contributed by atoms with van der Waals surface area (Å²) in [5, 5.41) is 20.5. The Morgan fingerprint density at radius 2 is 1.81 bits per heavy atom. The smallest absolute Gasteiger partial charge is 0.247 e. The zero-order chi connectivity index (χ0) is 26.0. The van der Waals surface area contributed by atoms with Gasteiger partial charge in [0.25, 0.3) is 0 Å². The molecule has 2 amide bonds. The van der Waals surface area contributed by atoms with Crippen molar-refractivity contribution < 1.29 is 19.4 Å². The van der Waals surface area contributed by atoms with Crippen LogP contribution in [0.2, 0.25) is 0 Å². The molecule has 1 aliphatic rings. The topological polar surface area (TPSA) is 104 Å². The van der Waals surface area contributed by atoms with E-state index in [1.165, 1.54) is 35.0 Å². The van der Waals surface area contributed by atoms with Crippen LogP contribution in [0.15, 0.2) is 95.1 Å². The molecule has 188 valence electrons. The first-order chi connectivity index (χ1) is 18.0. The second-order valence-electron chi connectivity index (χ2n) is 7.92. The van der Waals surface area contributed by atoms with Crippen molar-refractivity contribution in [1.82, 2.24) is 0 Å². The second-order valence-corrected chi connectivity index (χ2v) is 9.09. The average Bonchev–Trinajstić information content (AvgIpc) is 3.20. The molecule has 1 unspecified atom stereocenters. The number of nitrogens with zero attached hydrogens (tertiary/aromatic N) is 3. The Balaban J connectivity index is 1.47. The van der Waals surface area contributed by atoms with Gasteiger partial charge in [-0.1, -0.05) is 48.2 Å². The highest BCUT2D eigenvalue weighted by molar-refractivity contribution is 8.16. The number of nitrogens with one attached hydrogen (secondary N) is 1. The lowest BCUT2D eigenvalue weighted by molar-refractivity contribution is -0.121. The van der Waals surface area contributed by atoms with Gasteiger partial charge in [-0.3, -0.25) is 14.5 Å². The average molecular weight is 515 g/mol. The molecule has 8 nitrogen and oxygen atoms in total. The molecule has 0 bridgehead atoms. The van der Waals surface area contributed by atoms with Gasteiger partial charge in [0.1, 0.15) is 16.7 Å². The van der Waals surface area contributed by atoms with Crippen LogP contribution in [0.4, 0.5) is 11.4 Å². The van der Waals surface area contributed by atoms with Crippen LogP contribution in [0.25, 0.3) is 6.08 Å².